The van der Waals surface area contributed by atoms with E-state index in [-0.39, 0.29) is 11.5 Å². The van der Waals surface area contributed by atoms with Gasteiger partial charge < -0.3 is 16.2 Å². The zero-order valence-electron chi connectivity index (χ0n) is 13.8. The Morgan fingerprint density at radius 3 is 2.76 bits per heavy atom. The lowest BCUT2D eigenvalue weighted by Crippen LogP contribution is -2.44. The van der Waals surface area contributed by atoms with Gasteiger partial charge in [-0.05, 0) is 36.0 Å². The number of likely N-dealkylation sites (tertiary alicyclic amines) is 1. The molecule has 7 nitrogen and oxygen atoms in total. The average Bonchev–Trinajstić information content (AvgIpc) is 3.03. The van der Waals surface area contributed by atoms with Gasteiger partial charge in [0.05, 0.1) is 5.69 Å². The maximum absolute atomic E-state index is 12.0. The van der Waals surface area contributed by atoms with Crippen LogP contribution in [0.2, 0.25) is 0 Å². The minimum atomic E-state index is -0.388. The molecule has 2 unspecified atom stereocenters. The monoisotopic (exact) mass is 339 g/mol. The lowest BCUT2D eigenvalue weighted by Gasteiger charge is -2.33. The number of nitrogens with two attached hydrogens (primary N) is 2. The van der Waals surface area contributed by atoms with Crippen LogP contribution in [0.5, 0.6) is 5.75 Å². The first-order valence-electron chi connectivity index (χ1n) is 8.71. The third-order valence-electron chi connectivity index (χ3n) is 5.85. The van der Waals surface area contributed by atoms with Crippen molar-refractivity contribution >= 4 is 5.82 Å². The molecule has 0 bridgehead atoms. The maximum Gasteiger partial charge on any atom is 0.354 e. The Kier molecular flexibility index (Phi) is 3.17. The molecule has 5 rings (SSSR count). The third kappa shape index (κ3) is 2.42. The fraction of sp³-hybridized carbons (Fsp3) is 0.444. The van der Waals surface area contributed by atoms with Gasteiger partial charge in [-0.2, -0.15) is 4.98 Å². The number of fused-ring (bicyclic) bond motifs is 2. The second-order valence-corrected chi connectivity index (χ2v) is 7.32. The van der Waals surface area contributed by atoms with Gasteiger partial charge in [0.25, 0.3) is 0 Å². The summed E-state index contributed by atoms with van der Waals surface area (Å²) in [6.07, 6.45) is 2.61. The van der Waals surface area contributed by atoms with Gasteiger partial charge in [-0.25, -0.2) is 4.79 Å². The van der Waals surface area contributed by atoms with E-state index in [1.807, 2.05) is 18.2 Å². The van der Waals surface area contributed by atoms with E-state index in [4.69, 9.17) is 16.2 Å². The van der Waals surface area contributed by atoms with Crippen LogP contribution in [-0.2, 0) is 6.42 Å². The number of piperidine rings is 1. The molecule has 1 saturated carbocycles. The van der Waals surface area contributed by atoms with Crippen molar-refractivity contribution in [3.63, 3.8) is 0 Å². The van der Waals surface area contributed by atoms with Crippen molar-refractivity contribution in [2.45, 2.75) is 18.5 Å². The molecule has 1 aliphatic carbocycles. The van der Waals surface area contributed by atoms with Crippen molar-refractivity contribution in [1.82, 2.24) is 14.5 Å². The molecule has 4 atom stereocenters. The largest absolute Gasteiger partial charge is 0.492 e. The molecule has 1 saturated heterocycles. The van der Waals surface area contributed by atoms with Gasteiger partial charge >= 0.3 is 5.69 Å². The smallest absolute Gasteiger partial charge is 0.354 e. The first kappa shape index (κ1) is 14.9. The van der Waals surface area contributed by atoms with E-state index in [9.17, 15) is 4.79 Å². The first-order valence-corrected chi connectivity index (χ1v) is 8.71. The molecule has 1 aromatic heterocycles. The summed E-state index contributed by atoms with van der Waals surface area (Å²) in [6, 6.07) is 8.33. The number of anilines is 1. The Bertz CT molecular complexity index is 883. The van der Waals surface area contributed by atoms with E-state index in [1.54, 1.807) is 12.3 Å². The van der Waals surface area contributed by atoms with Crippen molar-refractivity contribution < 1.29 is 4.74 Å². The number of rotatable bonds is 2. The Morgan fingerprint density at radius 1 is 1.20 bits per heavy atom. The molecule has 3 heterocycles. The molecule has 25 heavy (non-hydrogen) atoms. The predicted octanol–water partition coefficient (Wildman–Crippen LogP) is 0.00710. The summed E-state index contributed by atoms with van der Waals surface area (Å²) >= 11 is 0. The standard InChI is InChI=1S/C18H21N5O2/c19-16-3-4-23(18(24)21-16)11-2-1-10-5-12(9-25-15(10)6-11)22-7-13-14(8-22)17(13)20/h1-4,6,12-14,17H,5,7-9,20H2,(H2,19,21,24)/t12?,13-,14+,17?. The van der Waals surface area contributed by atoms with Crippen LogP contribution in [0.3, 0.4) is 0 Å². The summed E-state index contributed by atoms with van der Waals surface area (Å²) in [4.78, 5) is 18.3. The van der Waals surface area contributed by atoms with E-state index < -0.39 is 0 Å². The van der Waals surface area contributed by atoms with Crippen LogP contribution in [0.15, 0.2) is 35.3 Å². The minimum Gasteiger partial charge on any atom is -0.492 e. The molecule has 2 aliphatic heterocycles. The van der Waals surface area contributed by atoms with Crippen LogP contribution in [0.25, 0.3) is 5.69 Å². The van der Waals surface area contributed by atoms with Crippen LogP contribution in [-0.4, -0.2) is 46.2 Å². The molecular formula is C18H21N5O2. The fourth-order valence-electron chi connectivity index (χ4n) is 4.25. The second kappa shape index (κ2) is 5.31. The Morgan fingerprint density at radius 2 is 2.00 bits per heavy atom. The minimum absolute atomic E-state index is 0.224. The van der Waals surface area contributed by atoms with Crippen molar-refractivity contribution in [2.75, 3.05) is 25.4 Å². The highest BCUT2D eigenvalue weighted by molar-refractivity contribution is 5.46. The third-order valence-corrected chi connectivity index (χ3v) is 5.85. The summed E-state index contributed by atoms with van der Waals surface area (Å²) < 4.78 is 7.49. The van der Waals surface area contributed by atoms with Crippen LogP contribution in [0, 0.1) is 11.8 Å². The van der Waals surface area contributed by atoms with Gasteiger partial charge in [-0.15, -0.1) is 0 Å². The molecule has 2 fully saturated rings. The summed E-state index contributed by atoms with van der Waals surface area (Å²) in [7, 11) is 0. The summed E-state index contributed by atoms with van der Waals surface area (Å²) in [5, 5.41) is 0. The summed E-state index contributed by atoms with van der Waals surface area (Å²) in [5.41, 5.74) is 13.1. The van der Waals surface area contributed by atoms with Gasteiger partial charge in [-0.3, -0.25) is 9.47 Å². The molecule has 0 radical (unpaired) electrons. The maximum atomic E-state index is 12.0. The zero-order valence-corrected chi connectivity index (χ0v) is 13.8. The molecule has 7 heteroatoms. The topological polar surface area (TPSA) is 99.4 Å². The highest BCUT2D eigenvalue weighted by atomic mass is 16.5. The van der Waals surface area contributed by atoms with Crippen LogP contribution >= 0.6 is 0 Å². The first-order chi connectivity index (χ1) is 12.1. The number of nitrogen functional groups attached to an aromatic ring is 1. The lowest BCUT2D eigenvalue weighted by molar-refractivity contribution is 0.129. The number of ether oxygens (including phenoxy) is 1. The van der Waals surface area contributed by atoms with Crippen molar-refractivity contribution in [1.29, 1.82) is 0 Å². The van der Waals surface area contributed by atoms with E-state index >= 15 is 0 Å². The Hall–Kier alpha value is -2.38. The highest BCUT2D eigenvalue weighted by Gasteiger charge is 2.54. The normalized spacial score (nSPS) is 30.4. The number of aromatic nitrogens is 2. The van der Waals surface area contributed by atoms with Gasteiger partial charge in [-0.1, -0.05) is 6.07 Å². The number of hydrogen-bond acceptors (Lipinski definition) is 6. The van der Waals surface area contributed by atoms with Gasteiger partial charge in [0.1, 0.15) is 18.2 Å². The van der Waals surface area contributed by atoms with Gasteiger partial charge in [0.15, 0.2) is 0 Å². The highest BCUT2D eigenvalue weighted by Crippen LogP contribution is 2.45. The Labute approximate surface area is 145 Å². The van der Waals surface area contributed by atoms with E-state index in [0.29, 0.717) is 30.5 Å². The van der Waals surface area contributed by atoms with Crippen molar-refractivity contribution in [3.8, 4) is 11.4 Å². The second-order valence-electron chi connectivity index (χ2n) is 7.32. The van der Waals surface area contributed by atoms with E-state index in [1.165, 1.54) is 10.1 Å². The molecule has 1 aromatic carbocycles. The molecular weight excluding hydrogens is 318 g/mol. The number of benzene rings is 1. The van der Waals surface area contributed by atoms with E-state index in [2.05, 4.69) is 9.88 Å². The van der Waals surface area contributed by atoms with Crippen LogP contribution < -0.4 is 21.9 Å². The molecule has 0 amide bonds. The lowest BCUT2D eigenvalue weighted by atomic mass is 10.0. The molecule has 2 aromatic rings. The van der Waals surface area contributed by atoms with Crippen LogP contribution in [0.4, 0.5) is 5.82 Å². The van der Waals surface area contributed by atoms with Gasteiger partial charge in [0.2, 0.25) is 0 Å². The predicted molar refractivity (Wildman–Crippen MR) is 93.8 cm³/mol. The van der Waals surface area contributed by atoms with Crippen molar-refractivity contribution in [3.05, 3.63) is 46.5 Å². The average molecular weight is 339 g/mol. The number of nitrogens with zero attached hydrogens (tertiary/aromatic N) is 3. The number of hydrogen-bond donors (Lipinski definition) is 2. The molecule has 130 valence electrons. The molecule has 0 spiro atoms. The Balaban J connectivity index is 1.37. The van der Waals surface area contributed by atoms with Gasteiger partial charge in [0, 0.05) is 37.4 Å². The summed E-state index contributed by atoms with van der Waals surface area (Å²) in [5.74, 6) is 2.45. The van der Waals surface area contributed by atoms with E-state index in [0.717, 1.165) is 30.9 Å². The SMILES string of the molecule is Nc1ccn(-c2ccc3c(c2)OCC(N2C[C@@H]4C(N)[C@@H]4C2)C3)c(=O)n1. The van der Waals surface area contributed by atoms with Crippen molar-refractivity contribution in [2.24, 2.45) is 17.6 Å². The fourth-order valence-corrected chi connectivity index (χ4v) is 4.25. The van der Waals surface area contributed by atoms with Crippen LogP contribution in [0.1, 0.15) is 5.56 Å². The molecule has 4 N–H and O–H groups in total. The molecule has 3 aliphatic rings. The summed E-state index contributed by atoms with van der Waals surface area (Å²) in [6.45, 7) is 2.87. The quantitative estimate of drug-likeness (QED) is 0.799. The zero-order chi connectivity index (χ0) is 17.1.